The number of nitro groups is 1. The van der Waals surface area contributed by atoms with Crippen LogP contribution in [-0.4, -0.2) is 23.8 Å². The van der Waals surface area contributed by atoms with Crippen molar-refractivity contribution in [2.24, 2.45) is 11.8 Å². The van der Waals surface area contributed by atoms with Crippen molar-refractivity contribution in [3.05, 3.63) is 105 Å². The highest BCUT2D eigenvalue weighted by Gasteiger charge is 2.74. The zero-order valence-corrected chi connectivity index (χ0v) is 17.1. The summed E-state index contributed by atoms with van der Waals surface area (Å²) in [6.07, 6.45) is 0. The number of nitrogens with zero attached hydrogens (tertiary/aromatic N) is 2. The first-order valence-corrected chi connectivity index (χ1v) is 10.4. The number of carbonyl (C=O) groups excluding carboxylic acids is 2. The Balaban J connectivity index is 1.65. The van der Waals surface area contributed by atoms with Crippen LogP contribution >= 0.6 is 0 Å². The maximum Gasteiger partial charge on any atom is 0.285 e. The van der Waals surface area contributed by atoms with Crippen molar-refractivity contribution in [1.29, 1.82) is 0 Å². The van der Waals surface area contributed by atoms with E-state index in [9.17, 15) is 19.7 Å². The van der Waals surface area contributed by atoms with Gasteiger partial charge in [-0.3, -0.25) is 19.7 Å². The minimum absolute atomic E-state index is 0.361. The molecule has 1 heterocycles. The monoisotopic (exact) mass is 426 g/mol. The summed E-state index contributed by atoms with van der Waals surface area (Å²) in [6, 6.07) is 21.0. The van der Waals surface area contributed by atoms with E-state index in [-0.39, 0.29) is 4.92 Å². The van der Waals surface area contributed by atoms with Crippen LogP contribution in [0.25, 0.3) is 0 Å². The second-order valence-corrected chi connectivity index (χ2v) is 8.39. The van der Waals surface area contributed by atoms with Gasteiger partial charge in [0.15, 0.2) is 0 Å². The molecule has 2 bridgehead atoms. The van der Waals surface area contributed by atoms with Gasteiger partial charge in [-0.05, 0) is 23.3 Å². The number of anilines is 1. The Bertz CT molecular complexity index is 1290. The lowest BCUT2D eigenvalue weighted by atomic mass is 9.51. The first kappa shape index (κ1) is 18.7. The van der Waals surface area contributed by atoms with Crippen LogP contribution in [0.1, 0.15) is 28.2 Å². The molecule has 1 fully saturated rings. The van der Waals surface area contributed by atoms with Crippen molar-refractivity contribution in [3.63, 3.8) is 0 Å². The van der Waals surface area contributed by atoms with Gasteiger partial charge in [0.25, 0.3) is 5.54 Å². The third-order valence-electron chi connectivity index (χ3n) is 7.17. The fraction of sp³-hybridized carbons (Fsp3) is 0.200. The summed E-state index contributed by atoms with van der Waals surface area (Å²) < 4.78 is 5.26. The van der Waals surface area contributed by atoms with Gasteiger partial charge in [0.2, 0.25) is 11.8 Å². The maximum atomic E-state index is 13.8. The highest BCUT2D eigenvalue weighted by molar-refractivity contribution is 6.23. The van der Waals surface area contributed by atoms with Crippen LogP contribution in [0.2, 0.25) is 0 Å². The molecule has 3 aromatic rings. The lowest BCUT2D eigenvalue weighted by Crippen LogP contribution is -2.57. The van der Waals surface area contributed by atoms with Crippen molar-refractivity contribution < 1.29 is 19.2 Å². The van der Waals surface area contributed by atoms with Crippen LogP contribution in [-0.2, 0) is 15.1 Å². The molecule has 0 spiro atoms. The molecule has 0 unspecified atom stereocenters. The average molecular weight is 426 g/mol. The topological polar surface area (TPSA) is 89.8 Å². The molecule has 0 N–H and O–H groups in total. The van der Waals surface area contributed by atoms with Gasteiger partial charge in [-0.2, -0.15) is 0 Å². The van der Waals surface area contributed by atoms with Gasteiger partial charge < -0.3 is 4.74 Å². The minimum atomic E-state index is -1.81. The van der Waals surface area contributed by atoms with Crippen LogP contribution < -0.4 is 9.64 Å². The van der Waals surface area contributed by atoms with Crippen molar-refractivity contribution in [2.45, 2.75) is 11.5 Å². The molecular formula is C25H18N2O5. The molecule has 2 atom stereocenters. The molecule has 1 saturated heterocycles. The number of rotatable bonds is 3. The predicted octanol–water partition coefficient (Wildman–Crippen LogP) is 3.48. The quantitative estimate of drug-likeness (QED) is 0.363. The van der Waals surface area contributed by atoms with Crippen molar-refractivity contribution >= 4 is 17.5 Å². The summed E-state index contributed by atoms with van der Waals surface area (Å²) in [4.78, 5) is 41.2. The molecule has 158 valence electrons. The largest absolute Gasteiger partial charge is 0.497 e. The van der Waals surface area contributed by atoms with E-state index in [1.807, 2.05) is 24.3 Å². The van der Waals surface area contributed by atoms with Crippen LogP contribution in [0.3, 0.4) is 0 Å². The smallest absolute Gasteiger partial charge is 0.285 e. The van der Waals surface area contributed by atoms with E-state index in [0.717, 1.165) is 16.0 Å². The number of hydrogen-bond acceptors (Lipinski definition) is 5. The molecule has 2 amide bonds. The Morgan fingerprint density at radius 3 is 2.12 bits per heavy atom. The highest BCUT2D eigenvalue weighted by Crippen LogP contribution is 2.64. The summed E-state index contributed by atoms with van der Waals surface area (Å²) in [5, 5.41) is 12.9. The van der Waals surface area contributed by atoms with Crippen molar-refractivity contribution in [2.75, 3.05) is 12.0 Å². The average Bonchev–Trinajstić information content (AvgIpc) is 3.09. The lowest BCUT2D eigenvalue weighted by Gasteiger charge is -2.48. The summed E-state index contributed by atoms with van der Waals surface area (Å²) in [5.74, 6) is -2.83. The van der Waals surface area contributed by atoms with E-state index in [4.69, 9.17) is 4.74 Å². The zero-order chi connectivity index (χ0) is 22.2. The second-order valence-electron chi connectivity index (χ2n) is 8.39. The SMILES string of the molecule is COc1cccc(N2C(=O)[C@@H]3[C@@H](C2=O)C2c4ccccc4C3([N+](=O)[O-])c3ccccc32)c1. The van der Waals surface area contributed by atoms with Gasteiger partial charge in [0.05, 0.1) is 18.7 Å². The Morgan fingerprint density at radius 1 is 0.906 bits per heavy atom. The molecule has 4 aliphatic rings. The van der Waals surface area contributed by atoms with Crippen LogP contribution in [0, 0.1) is 22.0 Å². The lowest BCUT2D eigenvalue weighted by molar-refractivity contribution is -0.578. The number of methoxy groups -OCH3 is 1. The van der Waals surface area contributed by atoms with Crippen LogP contribution in [0.15, 0.2) is 72.8 Å². The second kappa shape index (κ2) is 6.26. The van der Waals surface area contributed by atoms with Gasteiger partial charge in [-0.1, -0.05) is 54.6 Å². The molecular weight excluding hydrogens is 408 g/mol. The number of amides is 2. The standard InChI is InChI=1S/C25H18N2O5/c1-32-15-8-6-7-14(13-15)26-23(28)21-20-16-9-2-4-11-18(16)25(27(30)31,22(21)24(26)29)19-12-5-3-10-17(19)20/h2-13,20-22H,1H3/t20?,21-,22-,25?/m0/s1. The van der Waals surface area contributed by atoms with E-state index < -0.39 is 35.1 Å². The third kappa shape index (κ3) is 2.01. The third-order valence-corrected chi connectivity index (χ3v) is 7.17. The molecule has 0 aromatic heterocycles. The fourth-order valence-electron chi connectivity index (χ4n) is 6.05. The Morgan fingerprint density at radius 2 is 1.53 bits per heavy atom. The van der Waals surface area contributed by atoms with Crippen molar-refractivity contribution in [3.8, 4) is 5.75 Å². The molecule has 0 saturated carbocycles. The molecule has 0 radical (unpaired) electrons. The summed E-state index contributed by atoms with van der Waals surface area (Å²) in [6.45, 7) is 0. The molecule has 7 heteroatoms. The number of benzene rings is 3. The molecule has 3 aromatic carbocycles. The Hall–Kier alpha value is -4.00. The molecule has 7 rings (SSSR count). The fourth-order valence-corrected chi connectivity index (χ4v) is 6.05. The summed E-state index contributed by atoms with van der Waals surface area (Å²) >= 11 is 0. The summed E-state index contributed by atoms with van der Waals surface area (Å²) in [7, 11) is 1.50. The van der Waals surface area contributed by atoms with E-state index in [1.165, 1.54) is 7.11 Å². The van der Waals surface area contributed by atoms with Gasteiger partial charge in [-0.15, -0.1) is 0 Å². The van der Waals surface area contributed by atoms with Crippen LogP contribution in [0.5, 0.6) is 5.75 Å². The molecule has 3 aliphatic carbocycles. The molecule has 1 aliphatic heterocycles. The van der Waals surface area contributed by atoms with Gasteiger partial charge in [-0.25, -0.2) is 4.90 Å². The van der Waals surface area contributed by atoms with E-state index in [2.05, 4.69) is 0 Å². The molecule has 7 nitrogen and oxygen atoms in total. The highest BCUT2D eigenvalue weighted by atomic mass is 16.6. The zero-order valence-electron chi connectivity index (χ0n) is 17.1. The van der Waals surface area contributed by atoms with Gasteiger partial charge in [0.1, 0.15) is 11.7 Å². The van der Waals surface area contributed by atoms with E-state index in [1.54, 1.807) is 48.5 Å². The predicted molar refractivity (Wildman–Crippen MR) is 115 cm³/mol. The van der Waals surface area contributed by atoms with Crippen molar-refractivity contribution in [1.82, 2.24) is 0 Å². The summed E-state index contributed by atoms with van der Waals surface area (Å²) in [5.41, 5.74) is 1.05. The minimum Gasteiger partial charge on any atom is -0.497 e. The van der Waals surface area contributed by atoms with Gasteiger partial charge >= 0.3 is 0 Å². The maximum absolute atomic E-state index is 13.8. The normalized spacial score (nSPS) is 27.0. The Labute approximate surface area is 183 Å². The number of carbonyl (C=O) groups is 2. The number of ether oxygens (including phenoxy) is 1. The first-order valence-electron chi connectivity index (χ1n) is 10.4. The van der Waals surface area contributed by atoms with Gasteiger partial charge in [0, 0.05) is 28.0 Å². The number of imide groups is 1. The van der Waals surface area contributed by atoms with Crippen LogP contribution in [0.4, 0.5) is 5.69 Å². The first-order chi connectivity index (χ1) is 15.5. The molecule has 32 heavy (non-hydrogen) atoms. The Kier molecular flexibility index (Phi) is 3.67. The van der Waals surface area contributed by atoms with E-state index >= 15 is 0 Å². The number of hydrogen-bond donors (Lipinski definition) is 0. The van der Waals surface area contributed by atoms with E-state index in [0.29, 0.717) is 22.6 Å².